The predicted octanol–water partition coefficient (Wildman–Crippen LogP) is 2.76. The molecule has 6 heteroatoms. The quantitative estimate of drug-likeness (QED) is 0.930. The number of carboxylic acids is 1. The topological polar surface area (TPSA) is 96.1 Å². The Morgan fingerprint density at radius 1 is 1.24 bits per heavy atom. The summed E-state index contributed by atoms with van der Waals surface area (Å²) in [6, 6.07) is 6.73. The van der Waals surface area contributed by atoms with Gasteiger partial charge in [-0.2, -0.15) is 10.4 Å². The highest BCUT2D eigenvalue weighted by Gasteiger charge is 2.16. The number of rotatable bonds is 3. The number of carboxylic acid groups (broad SMARTS) is 1. The number of aryl methyl sites for hydroxylation is 1. The first-order valence-electron chi connectivity index (χ1n) is 6.20. The minimum Gasteiger partial charge on any atom is -0.478 e. The van der Waals surface area contributed by atoms with Gasteiger partial charge >= 0.3 is 5.97 Å². The fraction of sp³-hybridized carbons (Fsp3) is 0.200. The first-order valence-corrected chi connectivity index (χ1v) is 6.20. The molecule has 0 fully saturated rings. The number of benzene rings is 1. The molecule has 2 rings (SSSR count). The van der Waals surface area contributed by atoms with Crippen LogP contribution in [-0.2, 0) is 0 Å². The maximum absolute atomic E-state index is 11.1. The van der Waals surface area contributed by atoms with Gasteiger partial charge in [-0.25, -0.2) is 4.79 Å². The number of carbonyl (C=O) groups is 1. The second-order valence-electron chi connectivity index (χ2n) is 4.54. The molecule has 0 saturated heterocycles. The molecule has 0 aliphatic carbocycles. The molecule has 0 aliphatic heterocycles. The SMILES string of the molecule is Cc1nnc(Oc2cccc(C(=O)O)c2C)c(C#N)c1C. The van der Waals surface area contributed by atoms with Crippen LogP contribution in [0.4, 0.5) is 0 Å². The van der Waals surface area contributed by atoms with Crippen molar-refractivity contribution in [3.63, 3.8) is 0 Å². The Morgan fingerprint density at radius 3 is 2.57 bits per heavy atom. The van der Waals surface area contributed by atoms with E-state index in [1.165, 1.54) is 6.07 Å². The van der Waals surface area contributed by atoms with Crippen LogP contribution >= 0.6 is 0 Å². The third-order valence-electron chi connectivity index (χ3n) is 3.26. The summed E-state index contributed by atoms with van der Waals surface area (Å²) in [5.74, 6) is -0.625. The Bertz CT molecular complexity index is 763. The van der Waals surface area contributed by atoms with Crippen molar-refractivity contribution in [1.82, 2.24) is 10.2 Å². The molecule has 106 valence electrons. The molecule has 0 aliphatic rings. The van der Waals surface area contributed by atoms with Gasteiger partial charge in [0, 0.05) is 5.56 Å². The standard InChI is InChI=1S/C15H13N3O3/c1-8-10(3)17-18-14(12(8)7-16)21-13-6-4-5-11(9(13)2)15(19)20/h4-6H,1-3H3,(H,19,20). The van der Waals surface area contributed by atoms with Crippen LogP contribution in [-0.4, -0.2) is 21.3 Å². The minimum absolute atomic E-state index is 0.0752. The zero-order valence-corrected chi connectivity index (χ0v) is 11.8. The molecule has 0 radical (unpaired) electrons. The molecule has 1 N–H and O–H groups in total. The Labute approximate surface area is 121 Å². The predicted molar refractivity (Wildman–Crippen MR) is 74.4 cm³/mol. The smallest absolute Gasteiger partial charge is 0.336 e. The van der Waals surface area contributed by atoms with Gasteiger partial charge in [-0.1, -0.05) is 6.07 Å². The second-order valence-corrected chi connectivity index (χ2v) is 4.54. The molecule has 0 bridgehead atoms. The van der Waals surface area contributed by atoms with Gasteiger partial charge < -0.3 is 9.84 Å². The summed E-state index contributed by atoms with van der Waals surface area (Å²) in [5, 5.41) is 26.1. The lowest BCUT2D eigenvalue weighted by Gasteiger charge is -2.11. The van der Waals surface area contributed by atoms with E-state index < -0.39 is 5.97 Å². The molecule has 0 unspecified atom stereocenters. The summed E-state index contributed by atoms with van der Waals surface area (Å²) in [4.78, 5) is 11.1. The van der Waals surface area contributed by atoms with Crippen LogP contribution in [0.5, 0.6) is 11.6 Å². The van der Waals surface area contributed by atoms with Crippen molar-refractivity contribution in [2.24, 2.45) is 0 Å². The van der Waals surface area contributed by atoms with Crippen molar-refractivity contribution in [3.05, 3.63) is 46.1 Å². The molecule has 21 heavy (non-hydrogen) atoms. The largest absolute Gasteiger partial charge is 0.478 e. The average molecular weight is 283 g/mol. The number of hydrogen-bond acceptors (Lipinski definition) is 5. The van der Waals surface area contributed by atoms with E-state index in [0.717, 1.165) is 0 Å². The second kappa shape index (κ2) is 5.59. The Balaban J connectivity index is 2.50. The molecule has 0 amide bonds. The normalized spacial score (nSPS) is 10.0. The van der Waals surface area contributed by atoms with Crippen LogP contribution < -0.4 is 4.74 Å². The van der Waals surface area contributed by atoms with E-state index in [1.54, 1.807) is 32.9 Å². The summed E-state index contributed by atoms with van der Waals surface area (Å²) in [5.41, 5.74) is 2.24. The van der Waals surface area contributed by atoms with Gasteiger partial charge in [0.2, 0.25) is 0 Å². The van der Waals surface area contributed by atoms with Crippen molar-refractivity contribution in [3.8, 4) is 17.7 Å². The fourth-order valence-corrected chi connectivity index (χ4v) is 1.85. The van der Waals surface area contributed by atoms with Crippen LogP contribution in [0.3, 0.4) is 0 Å². The van der Waals surface area contributed by atoms with E-state index in [2.05, 4.69) is 10.2 Å². The summed E-state index contributed by atoms with van der Waals surface area (Å²) >= 11 is 0. The van der Waals surface area contributed by atoms with Crippen molar-refractivity contribution in [2.45, 2.75) is 20.8 Å². The van der Waals surface area contributed by atoms with E-state index in [-0.39, 0.29) is 11.4 Å². The number of hydrogen-bond donors (Lipinski definition) is 1. The van der Waals surface area contributed by atoms with Crippen LogP contribution in [0, 0.1) is 32.1 Å². The molecule has 1 aromatic heterocycles. The highest BCUT2D eigenvalue weighted by molar-refractivity contribution is 5.90. The zero-order chi connectivity index (χ0) is 15.6. The Kier molecular flexibility index (Phi) is 3.85. The van der Waals surface area contributed by atoms with E-state index in [4.69, 9.17) is 9.84 Å². The molecular formula is C15H13N3O3. The van der Waals surface area contributed by atoms with Gasteiger partial charge in [0.15, 0.2) is 0 Å². The molecule has 0 saturated carbocycles. The summed E-state index contributed by atoms with van der Waals surface area (Å²) in [6.45, 7) is 5.15. The Hall–Kier alpha value is -2.94. The summed E-state index contributed by atoms with van der Waals surface area (Å²) < 4.78 is 5.60. The lowest BCUT2D eigenvalue weighted by atomic mass is 10.1. The monoisotopic (exact) mass is 283 g/mol. The van der Waals surface area contributed by atoms with Crippen molar-refractivity contribution in [2.75, 3.05) is 0 Å². The molecule has 0 atom stereocenters. The maximum atomic E-state index is 11.1. The third kappa shape index (κ3) is 2.67. The number of nitriles is 1. The van der Waals surface area contributed by atoms with Crippen LogP contribution in [0.15, 0.2) is 18.2 Å². The maximum Gasteiger partial charge on any atom is 0.336 e. The summed E-state index contributed by atoms with van der Waals surface area (Å²) in [6.07, 6.45) is 0. The van der Waals surface area contributed by atoms with Gasteiger partial charge in [-0.05, 0) is 38.5 Å². The highest BCUT2D eigenvalue weighted by atomic mass is 16.5. The van der Waals surface area contributed by atoms with Crippen molar-refractivity contribution in [1.29, 1.82) is 5.26 Å². The highest BCUT2D eigenvalue weighted by Crippen LogP contribution is 2.29. The van der Waals surface area contributed by atoms with E-state index in [1.807, 2.05) is 6.07 Å². The van der Waals surface area contributed by atoms with E-state index in [9.17, 15) is 10.1 Å². The number of aromatic carboxylic acids is 1. The van der Waals surface area contributed by atoms with Crippen LogP contribution in [0.1, 0.15) is 32.7 Å². The Morgan fingerprint density at radius 2 is 1.95 bits per heavy atom. The number of aromatic nitrogens is 2. The molecule has 0 spiro atoms. The van der Waals surface area contributed by atoms with E-state index in [0.29, 0.717) is 28.1 Å². The van der Waals surface area contributed by atoms with Crippen molar-refractivity contribution < 1.29 is 14.6 Å². The van der Waals surface area contributed by atoms with Gasteiger partial charge in [0.05, 0.1) is 11.3 Å². The minimum atomic E-state index is -1.04. The fourth-order valence-electron chi connectivity index (χ4n) is 1.85. The first kappa shape index (κ1) is 14.5. The number of ether oxygens (including phenoxy) is 1. The average Bonchev–Trinajstić information content (AvgIpc) is 2.45. The molecule has 1 aromatic carbocycles. The van der Waals surface area contributed by atoms with E-state index >= 15 is 0 Å². The van der Waals surface area contributed by atoms with Gasteiger partial charge in [0.25, 0.3) is 5.88 Å². The van der Waals surface area contributed by atoms with Crippen molar-refractivity contribution >= 4 is 5.97 Å². The lowest BCUT2D eigenvalue weighted by molar-refractivity contribution is 0.0695. The molecule has 6 nitrogen and oxygen atoms in total. The van der Waals surface area contributed by atoms with Gasteiger partial charge in [-0.15, -0.1) is 5.10 Å². The molecule has 1 heterocycles. The van der Waals surface area contributed by atoms with Crippen LogP contribution in [0.25, 0.3) is 0 Å². The first-order chi connectivity index (χ1) is 9.95. The summed E-state index contributed by atoms with van der Waals surface area (Å²) in [7, 11) is 0. The zero-order valence-electron chi connectivity index (χ0n) is 11.8. The molecule has 2 aromatic rings. The number of nitrogens with zero attached hydrogens (tertiary/aromatic N) is 3. The lowest BCUT2D eigenvalue weighted by Crippen LogP contribution is -2.04. The van der Waals surface area contributed by atoms with Gasteiger partial charge in [0.1, 0.15) is 17.4 Å². The van der Waals surface area contributed by atoms with Crippen LogP contribution in [0.2, 0.25) is 0 Å². The van der Waals surface area contributed by atoms with Gasteiger partial charge in [-0.3, -0.25) is 0 Å². The third-order valence-corrected chi connectivity index (χ3v) is 3.26. The molecular weight excluding hydrogens is 270 g/mol.